The predicted molar refractivity (Wildman–Crippen MR) is 94.0 cm³/mol. The van der Waals surface area contributed by atoms with Crippen molar-refractivity contribution in [1.82, 2.24) is 20.9 Å². The van der Waals surface area contributed by atoms with Gasteiger partial charge in [0, 0.05) is 32.6 Å². The molecule has 1 fully saturated rings. The lowest BCUT2D eigenvalue weighted by molar-refractivity contribution is -0.152. The van der Waals surface area contributed by atoms with Crippen LogP contribution in [-0.2, 0) is 9.59 Å². The molecule has 142 valence electrons. The van der Waals surface area contributed by atoms with Crippen LogP contribution in [-0.4, -0.2) is 53.9 Å². The number of hydrogen-bond acceptors (Lipinski definition) is 4. The third kappa shape index (κ3) is 5.34. The Labute approximate surface area is 151 Å². The number of allylic oxidation sites excluding steroid dienone is 1. The van der Waals surface area contributed by atoms with Crippen LogP contribution >= 0.6 is 0 Å². The standard InChI is InChI=1S/C18H24F2N4O2/c1-3-9-18(19,20)17(26)22-24-12-10-23(11-13-24)21-16(25)14(2)15-7-5-4-6-8-15/h3-8,14H,1,9-13H2,2H3,(H,21,25)(H,22,26)/t14-/m0/s1. The van der Waals surface area contributed by atoms with Crippen molar-refractivity contribution in [3.8, 4) is 0 Å². The summed E-state index contributed by atoms with van der Waals surface area (Å²) in [6, 6.07) is 9.42. The van der Waals surface area contributed by atoms with Gasteiger partial charge >= 0.3 is 11.8 Å². The quantitative estimate of drug-likeness (QED) is 0.721. The highest BCUT2D eigenvalue weighted by atomic mass is 19.3. The molecule has 2 amide bonds. The van der Waals surface area contributed by atoms with Gasteiger partial charge in [0.15, 0.2) is 0 Å². The van der Waals surface area contributed by atoms with E-state index in [9.17, 15) is 18.4 Å². The van der Waals surface area contributed by atoms with Crippen LogP contribution < -0.4 is 10.9 Å². The molecule has 2 rings (SSSR count). The Morgan fingerprint density at radius 3 is 2.23 bits per heavy atom. The van der Waals surface area contributed by atoms with E-state index in [1.54, 1.807) is 5.01 Å². The largest absolute Gasteiger partial charge is 0.329 e. The van der Waals surface area contributed by atoms with Crippen LogP contribution in [0.25, 0.3) is 0 Å². The van der Waals surface area contributed by atoms with Crippen LogP contribution in [0, 0.1) is 0 Å². The number of benzene rings is 1. The Morgan fingerprint density at radius 1 is 1.15 bits per heavy atom. The second-order valence-electron chi connectivity index (χ2n) is 6.22. The van der Waals surface area contributed by atoms with Gasteiger partial charge in [-0.2, -0.15) is 8.78 Å². The van der Waals surface area contributed by atoms with Gasteiger partial charge in [0.2, 0.25) is 5.91 Å². The van der Waals surface area contributed by atoms with Crippen LogP contribution in [0.4, 0.5) is 8.78 Å². The predicted octanol–water partition coefficient (Wildman–Crippen LogP) is 1.68. The number of hydrogen-bond donors (Lipinski definition) is 2. The van der Waals surface area contributed by atoms with Crippen molar-refractivity contribution in [2.24, 2.45) is 0 Å². The van der Waals surface area contributed by atoms with E-state index < -0.39 is 18.3 Å². The van der Waals surface area contributed by atoms with Crippen LogP contribution in [0.15, 0.2) is 43.0 Å². The van der Waals surface area contributed by atoms with Crippen LogP contribution in [0.1, 0.15) is 24.8 Å². The van der Waals surface area contributed by atoms with E-state index in [0.717, 1.165) is 11.6 Å². The summed E-state index contributed by atoms with van der Waals surface area (Å²) >= 11 is 0. The molecule has 1 saturated heterocycles. The monoisotopic (exact) mass is 366 g/mol. The number of carbonyl (C=O) groups is 2. The minimum Gasteiger partial charge on any atom is -0.288 e. The number of amides is 2. The van der Waals surface area contributed by atoms with E-state index >= 15 is 0 Å². The number of nitrogens with one attached hydrogen (secondary N) is 2. The first-order valence-electron chi connectivity index (χ1n) is 8.48. The van der Waals surface area contributed by atoms with Gasteiger partial charge in [-0.25, -0.2) is 10.0 Å². The van der Waals surface area contributed by atoms with E-state index in [1.165, 1.54) is 5.01 Å². The molecular formula is C18H24F2N4O2. The first kappa shape index (κ1) is 20.0. The number of carbonyl (C=O) groups excluding carboxylic acids is 2. The second-order valence-corrected chi connectivity index (χ2v) is 6.22. The molecule has 0 aromatic heterocycles. The molecule has 0 spiro atoms. The van der Waals surface area contributed by atoms with Crippen molar-refractivity contribution in [1.29, 1.82) is 0 Å². The van der Waals surface area contributed by atoms with Gasteiger partial charge in [-0.3, -0.25) is 20.4 Å². The smallest absolute Gasteiger partial charge is 0.288 e. The van der Waals surface area contributed by atoms with Gasteiger partial charge in [0.25, 0.3) is 0 Å². The van der Waals surface area contributed by atoms with Gasteiger partial charge in [0.05, 0.1) is 5.92 Å². The van der Waals surface area contributed by atoms with Crippen molar-refractivity contribution < 1.29 is 18.4 Å². The Balaban J connectivity index is 1.79. The molecular weight excluding hydrogens is 342 g/mol. The SMILES string of the molecule is C=CCC(F)(F)C(=O)NN1CCN(NC(=O)[C@@H](C)c2ccccc2)CC1. The third-order valence-electron chi connectivity index (χ3n) is 4.23. The van der Waals surface area contributed by atoms with E-state index in [2.05, 4.69) is 17.4 Å². The van der Waals surface area contributed by atoms with Gasteiger partial charge < -0.3 is 0 Å². The summed E-state index contributed by atoms with van der Waals surface area (Å²) < 4.78 is 27.0. The van der Waals surface area contributed by atoms with Crippen molar-refractivity contribution >= 4 is 11.8 Å². The number of halogens is 2. The van der Waals surface area contributed by atoms with E-state index in [-0.39, 0.29) is 11.8 Å². The normalized spacial score (nSPS) is 17.3. The molecule has 1 heterocycles. The molecule has 0 saturated carbocycles. The zero-order valence-electron chi connectivity index (χ0n) is 14.8. The highest BCUT2D eigenvalue weighted by molar-refractivity contribution is 5.83. The van der Waals surface area contributed by atoms with E-state index in [4.69, 9.17) is 0 Å². The second kappa shape index (κ2) is 8.86. The van der Waals surface area contributed by atoms with Crippen LogP contribution in [0.2, 0.25) is 0 Å². The summed E-state index contributed by atoms with van der Waals surface area (Å²) in [7, 11) is 0. The molecule has 0 bridgehead atoms. The molecule has 1 aromatic carbocycles. The molecule has 1 aromatic rings. The summed E-state index contributed by atoms with van der Waals surface area (Å²) in [6.45, 7) is 6.54. The lowest BCUT2D eigenvalue weighted by atomic mass is 10.0. The molecule has 0 aliphatic carbocycles. The molecule has 8 heteroatoms. The lowest BCUT2D eigenvalue weighted by Crippen LogP contribution is -2.59. The fourth-order valence-corrected chi connectivity index (χ4v) is 2.58. The van der Waals surface area contributed by atoms with Crippen molar-refractivity contribution in [3.05, 3.63) is 48.6 Å². The van der Waals surface area contributed by atoms with Crippen molar-refractivity contribution in [2.45, 2.75) is 25.2 Å². The fraction of sp³-hybridized carbons (Fsp3) is 0.444. The molecule has 0 unspecified atom stereocenters. The Bertz CT molecular complexity index is 631. The maximum atomic E-state index is 13.5. The molecule has 6 nitrogen and oxygen atoms in total. The fourth-order valence-electron chi connectivity index (χ4n) is 2.58. The lowest BCUT2D eigenvalue weighted by Gasteiger charge is -2.35. The number of rotatable bonds is 7. The Kier molecular flexibility index (Phi) is 6.82. The minimum atomic E-state index is -3.47. The molecule has 26 heavy (non-hydrogen) atoms. The van der Waals surface area contributed by atoms with Crippen LogP contribution in [0.5, 0.6) is 0 Å². The first-order valence-corrected chi connectivity index (χ1v) is 8.48. The minimum absolute atomic E-state index is 0.133. The summed E-state index contributed by atoms with van der Waals surface area (Å²) in [5.74, 6) is -5.25. The number of nitrogens with zero attached hydrogens (tertiary/aromatic N) is 2. The third-order valence-corrected chi connectivity index (χ3v) is 4.23. The summed E-state index contributed by atoms with van der Waals surface area (Å²) in [6.07, 6.45) is 0.313. The summed E-state index contributed by atoms with van der Waals surface area (Å²) in [5.41, 5.74) is 5.98. The molecule has 1 atom stereocenters. The average Bonchev–Trinajstić information content (AvgIpc) is 2.63. The maximum absolute atomic E-state index is 13.5. The highest BCUT2D eigenvalue weighted by Crippen LogP contribution is 2.19. The number of alkyl halides is 2. The maximum Gasteiger partial charge on any atom is 0.329 e. The highest BCUT2D eigenvalue weighted by Gasteiger charge is 2.38. The van der Waals surface area contributed by atoms with Crippen LogP contribution in [0.3, 0.4) is 0 Å². The van der Waals surface area contributed by atoms with Gasteiger partial charge in [0.1, 0.15) is 0 Å². The molecule has 2 N–H and O–H groups in total. The zero-order valence-corrected chi connectivity index (χ0v) is 14.8. The van der Waals surface area contributed by atoms with Crippen molar-refractivity contribution in [2.75, 3.05) is 26.2 Å². The molecule has 0 radical (unpaired) electrons. The average molecular weight is 366 g/mol. The molecule has 1 aliphatic heterocycles. The van der Waals surface area contributed by atoms with Gasteiger partial charge in [-0.1, -0.05) is 36.4 Å². The Hall–Kier alpha value is -2.32. The Morgan fingerprint density at radius 2 is 1.69 bits per heavy atom. The van der Waals surface area contributed by atoms with E-state index in [1.807, 2.05) is 37.3 Å². The van der Waals surface area contributed by atoms with Crippen molar-refractivity contribution in [3.63, 3.8) is 0 Å². The van der Waals surface area contributed by atoms with Gasteiger partial charge in [-0.15, -0.1) is 6.58 Å². The topological polar surface area (TPSA) is 64.7 Å². The molecule has 1 aliphatic rings. The first-order chi connectivity index (χ1) is 12.3. The number of piperazine rings is 1. The number of hydrazine groups is 2. The van der Waals surface area contributed by atoms with Gasteiger partial charge in [-0.05, 0) is 12.5 Å². The zero-order chi connectivity index (χ0) is 19.2. The van der Waals surface area contributed by atoms with E-state index in [0.29, 0.717) is 26.2 Å². The summed E-state index contributed by atoms with van der Waals surface area (Å²) in [5, 5.41) is 3.16. The summed E-state index contributed by atoms with van der Waals surface area (Å²) in [4.78, 5) is 23.9.